The van der Waals surface area contributed by atoms with Crippen molar-refractivity contribution in [1.82, 2.24) is 4.98 Å². The number of hydrogen-bond acceptors (Lipinski definition) is 2. The minimum Gasteiger partial charge on any atom is -0.444 e. The van der Waals surface area contributed by atoms with Crippen molar-refractivity contribution in [3.8, 4) is 11.5 Å². The first-order valence-corrected chi connectivity index (χ1v) is 6.50. The molecule has 0 bridgehead atoms. The van der Waals surface area contributed by atoms with Crippen LogP contribution in [0.3, 0.4) is 0 Å². The van der Waals surface area contributed by atoms with E-state index in [1.54, 1.807) is 18.4 Å². The lowest BCUT2D eigenvalue weighted by atomic mass is 10.1. The zero-order chi connectivity index (χ0) is 12.8. The van der Waals surface area contributed by atoms with E-state index in [-0.39, 0.29) is 5.82 Å². The summed E-state index contributed by atoms with van der Waals surface area (Å²) in [6.45, 7) is 2.20. The molecule has 2 rings (SSSR count). The van der Waals surface area contributed by atoms with Crippen molar-refractivity contribution in [2.45, 2.75) is 39.0 Å². The molecule has 1 heterocycles. The molecule has 2 aromatic rings. The van der Waals surface area contributed by atoms with Crippen LogP contribution in [0.5, 0.6) is 0 Å². The lowest BCUT2D eigenvalue weighted by Gasteiger charge is -1.96. The Labute approximate surface area is 107 Å². The van der Waals surface area contributed by atoms with E-state index in [2.05, 4.69) is 11.9 Å². The highest BCUT2D eigenvalue weighted by atomic mass is 19.1. The summed E-state index contributed by atoms with van der Waals surface area (Å²) in [5.74, 6) is 0.325. The van der Waals surface area contributed by atoms with Gasteiger partial charge in [-0.05, 0) is 37.1 Å². The Morgan fingerprint density at radius 2 is 1.89 bits per heavy atom. The van der Waals surface area contributed by atoms with Crippen molar-refractivity contribution in [2.24, 2.45) is 0 Å². The summed E-state index contributed by atoms with van der Waals surface area (Å²) < 4.78 is 18.2. The topological polar surface area (TPSA) is 26.0 Å². The van der Waals surface area contributed by atoms with Crippen LogP contribution in [0.2, 0.25) is 0 Å². The van der Waals surface area contributed by atoms with Gasteiger partial charge in [-0.1, -0.05) is 26.2 Å². The smallest absolute Gasteiger partial charge is 0.226 e. The van der Waals surface area contributed by atoms with Crippen molar-refractivity contribution in [2.75, 3.05) is 0 Å². The van der Waals surface area contributed by atoms with E-state index in [9.17, 15) is 4.39 Å². The van der Waals surface area contributed by atoms with Gasteiger partial charge in [0.1, 0.15) is 12.1 Å². The summed E-state index contributed by atoms with van der Waals surface area (Å²) in [6, 6.07) is 6.20. The fourth-order valence-electron chi connectivity index (χ4n) is 1.88. The van der Waals surface area contributed by atoms with Gasteiger partial charge in [-0.2, -0.15) is 0 Å². The molecule has 0 aliphatic heterocycles. The molecular weight excluding hydrogens is 229 g/mol. The Kier molecular flexibility index (Phi) is 4.51. The van der Waals surface area contributed by atoms with Crippen molar-refractivity contribution in [3.63, 3.8) is 0 Å². The Morgan fingerprint density at radius 1 is 1.11 bits per heavy atom. The van der Waals surface area contributed by atoms with Crippen molar-refractivity contribution in [3.05, 3.63) is 42.0 Å². The van der Waals surface area contributed by atoms with Gasteiger partial charge in [0.15, 0.2) is 0 Å². The quantitative estimate of drug-likeness (QED) is 0.697. The number of rotatable bonds is 6. The molecule has 0 atom stereocenters. The zero-order valence-electron chi connectivity index (χ0n) is 10.7. The number of aryl methyl sites for hydroxylation is 1. The van der Waals surface area contributed by atoms with Crippen LogP contribution in [-0.4, -0.2) is 4.98 Å². The highest BCUT2D eigenvalue weighted by molar-refractivity contribution is 5.52. The first kappa shape index (κ1) is 12.8. The number of nitrogens with zero attached hydrogens (tertiary/aromatic N) is 1. The molecule has 0 saturated heterocycles. The van der Waals surface area contributed by atoms with Gasteiger partial charge in [0, 0.05) is 5.56 Å². The molecule has 0 saturated carbocycles. The number of benzene rings is 1. The van der Waals surface area contributed by atoms with Crippen LogP contribution in [0.4, 0.5) is 4.39 Å². The Balaban J connectivity index is 1.95. The highest BCUT2D eigenvalue weighted by Crippen LogP contribution is 2.19. The molecule has 2 nitrogen and oxygen atoms in total. The Morgan fingerprint density at radius 3 is 2.61 bits per heavy atom. The summed E-state index contributed by atoms with van der Waals surface area (Å²) in [5, 5.41) is 0. The van der Waals surface area contributed by atoms with E-state index < -0.39 is 0 Å². The fraction of sp³-hybridized carbons (Fsp3) is 0.400. The summed E-state index contributed by atoms with van der Waals surface area (Å²) in [7, 11) is 0. The number of halogens is 1. The third-order valence-corrected chi connectivity index (χ3v) is 2.93. The standard InChI is InChI=1S/C15H18FNO/c1-2-3-4-5-6-14-11-18-15(17-14)12-7-9-13(16)10-8-12/h7-11H,2-6H2,1H3. The molecular formula is C15H18FNO. The van der Waals surface area contributed by atoms with Gasteiger partial charge in [-0.15, -0.1) is 0 Å². The first-order valence-electron chi connectivity index (χ1n) is 6.50. The van der Waals surface area contributed by atoms with Gasteiger partial charge in [-0.3, -0.25) is 0 Å². The van der Waals surface area contributed by atoms with E-state index in [0.29, 0.717) is 5.89 Å². The van der Waals surface area contributed by atoms with E-state index in [1.807, 2.05) is 0 Å². The van der Waals surface area contributed by atoms with Crippen LogP contribution in [-0.2, 0) is 6.42 Å². The third-order valence-electron chi connectivity index (χ3n) is 2.93. The van der Waals surface area contributed by atoms with E-state index in [0.717, 1.165) is 24.1 Å². The monoisotopic (exact) mass is 247 g/mol. The second-order valence-electron chi connectivity index (χ2n) is 4.46. The summed E-state index contributed by atoms with van der Waals surface area (Å²) in [6.07, 6.45) is 7.52. The van der Waals surface area contributed by atoms with E-state index in [1.165, 1.54) is 31.4 Å². The average Bonchev–Trinajstić information content (AvgIpc) is 2.84. The Bertz CT molecular complexity index is 475. The summed E-state index contributed by atoms with van der Waals surface area (Å²) in [4.78, 5) is 4.42. The lowest BCUT2D eigenvalue weighted by molar-refractivity contribution is 0.570. The fourth-order valence-corrected chi connectivity index (χ4v) is 1.88. The molecule has 0 unspecified atom stereocenters. The number of unbranched alkanes of at least 4 members (excludes halogenated alkanes) is 3. The largest absolute Gasteiger partial charge is 0.444 e. The SMILES string of the molecule is CCCCCCc1coc(-c2ccc(F)cc2)n1. The maximum atomic E-state index is 12.8. The maximum Gasteiger partial charge on any atom is 0.226 e. The predicted octanol–water partition coefficient (Wildman–Crippen LogP) is 4.60. The Hall–Kier alpha value is -1.64. The van der Waals surface area contributed by atoms with Gasteiger partial charge < -0.3 is 4.42 Å². The minimum absolute atomic E-state index is 0.245. The van der Waals surface area contributed by atoms with Crippen LogP contribution in [0.25, 0.3) is 11.5 Å². The summed E-state index contributed by atoms with van der Waals surface area (Å²) in [5.41, 5.74) is 1.79. The molecule has 1 aromatic carbocycles. The molecule has 18 heavy (non-hydrogen) atoms. The van der Waals surface area contributed by atoms with Crippen LogP contribution in [0.1, 0.15) is 38.3 Å². The molecule has 0 fully saturated rings. The van der Waals surface area contributed by atoms with Crippen LogP contribution in [0, 0.1) is 5.82 Å². The maximum absolute atomic E-state index is 12.8. The molecule has 0 N–H and O–H groups in total. The number of hydrogen-bond donors (Lipinski definition) is 0. The summed E-state index contributed by atoms with van der Waals surface area (Å²) >= 11 is 0. The van der Waals surface area contributed by atoms with E-state index >= 15 is 0 Å². The van der Waals surface area contributed by atoms with Gasteiger partial charge in [0.05, 0.1) is 5.69 Å². The number of aromatic nitrogens is 1. The second-order valence-corrected chi connectivity index (χ2v) is 4.46. The van der Waals surface area contributed by atoms with Crippen molar-refractivity contribution >= 4 is 0 Å². The molecule has 0 spiro atoms. The van der Waals surface area contributed by atoms with Crippen molar-refractivity contribution < 1.29 is 8.81 Å². The van der Waals surface area contributed by atoms with Gasteiger partial charge >= 0.3 is 0 Å². The van der Waals surface area contributed by atoms with Gasteiger partial charge in [-0.25, -0.2) is 9.37 Å². The minimum atomic E-state index is -0.245. The number of oxazole rings is 1. The van der Waals surface area contributed by atoms with Gasteiger partial charge in [0.25, 0.3) is 0 Å². The van der Waals surface area contributed by atoms with Crippen LogP contribution >= 0.6 is 0 Å². The first-order chi connectivity index (χ1) is 8.79. The average molecular weight is 247 g/mol. The highest BCUT2D eigenvalue weighted by Gasteiger charge is 2.06. The molecule has 3 heteroatoms. The second kappa shape index (κ2) is 6.34. The molecule has 0 radical (unpaired) electrons. The van der Waals surface area contributed by atoms with Crippen molar-refractivity contribution in [1.29, 1.82) is 0 Å². The molecule has 0 aliphatic rings. The molecule has 0 aliphatic carbocycles. The molecule has 1 aromatic heterocycles. The third kappa shape index (κ3) is 3.42. The lowest BCUT2D eigenvalue weighted by Crippen LogP contribution is -1.86. The van der Waals surface area contributed by atoms with Crippen LogP contribution in [0.15, 0.2) is 34.9 Å². The van der Waals surface area contributed by atoms with E-state index in [4.69, 9.17) is 4.42 Å². The molecule has 0 amide bonds. The predicted molar refractivity (Wildman–Crippen MR) is 69.7 cm³/mol. The molecule has 96 valence electrons. The van der Waals surface area contributed by atoms with Crippen LogP contribution < -0.4 is 0 Å². The van der Waals surface area contributed by atoms with Gasteiger partial charge in [0.2, 0.25) is 5.89 Å². The zero-order valence-corrected chi connectivity index (χ0v) is 10.7. The normalized spacial score (nSPS) is 10.8.